The van der Waals surface area contributed by atoms with Gasteiger partial charge in [-0.2, -0.15) is 0 Å². The van der Waals surface area contributed by atoms with E-state index in [2.05, 4.69) is 20.4 Å². The molecule has 7 heteroatoms. The molecule has 0 radical (unpaired) electrons. The number of nitrogens with two attached hydrogens (primary N) is 1. The quantitative estimate of drug-likeness (QED) is 0.299. The van der Waals surface area contributed by atoms with Gasteiger partial charge in [0.1, 0.15) is 0 Å². The fraction of sp³-hybridized carbons (Fsp3) is 0.455. The predicted octanol–water partition coefficient (Wildman–Crippen LogP) is 0.174. The number of amides is 1. The van der Waals surface area contributed by atoms with E-state index in [9.17, 15) is 4.79 Å². The normalized spacial score (nSPS) is 13.1. The molecule has 0 spiro atoms. The van der Waals surface area contributed by atoms with Gasteiger partial charge in [0.05, 0.1) is 30.0 Å². The maximum atomic E-state index is 11.8. The zero-order chi connectivity index (χ0) is 13.5. The molecule has 0 saturated heterocycles. The van der Waals surface area contributed by atoms with Crippen LogP contribution < -0.4 is 11.1 Å². The van der Waals surface area contributed by atoms with Gasteiger partial charge in [0.15, 0.2) is 5.84 Å². The average molecular weight is 251 g/mol. The lowest BCUT2D eigenvalue weighted by atomic mass is 10.0. The first kappa shape index (κ1) is 13.9. The van der Waals surface area contributed by atoms with Crippen LogP contribution >= 0.6 is 0 Å². The Kier molecular flexibility index (Phi) is 5.04. The summed E-state index contributed by atoms with van der Waals surface area (Å²) in [7, 11) is 0. The molecule has 1 aromatic rings. The molecular formula is C11H17N5O2. The Bertz CT molecular complexity index is 430. The molecule has 18 heavy (non-hydrogen) atoms. The fourth-order valence-electron chi connectivity index (χ4n) is 1.41. The fourth-order valence-corrected chi connectivity index (χ4v) is 1.41. The first-order valence-corrected chi connectivity index (χ1v) is 5.61. The van der Waals surface area contributed by atoms with Gasteiger partial charge in [-0.1, -0.05) is 12.1 Å². The maximum absolute atomic E-state index is 11.8. The smallest absolute Gasteiger partial charge is 0.231 e. The standard InChI is InChI=1S/C11H17N5O2/c1-3-9(10(12)16-18)11(17)15-6-8-5-13-7(2)4-14-8/h4-5,9,18H,3,6H2,1-2H3,(H2,12,16)(H,15,17). The number of nitrogens with one attached hydrogen (secondary N) is 1. The van der Waals surface area contributed by atoms with E-state index >= 15 is 0 Å². The molecule has 0 aliphatic carbocycles. The lowest BCUT2D eigenvalue weighted by molar-refractivity contribution is -0.123. The van der Waals surface area contributed by atoms with Crippen molar-refractivity contribution in [2.24, 2.45) is 16.8 Å². The Labute approximate surface area is 105 Å². The minimum atomic E-state index is -0.631. The monoisotopic (exact) mass is 251 g/mol. The van der Waals surface area contributed by atoms with E-state index in [0.29, 0.717) is 12.1 Å². The van der Waals surface area contributed by atoms with Crippen LogP contribution in [0.5, 0.6) is 0 Å². The molecule has 0 saturated carbocycles. The summed E-state index contributed by atoms with van der Waals surface area (Å²) in [4.78, 5) is 20.0. The highest BCUT2D eigenvalue weighted by Crippen LogP contribution is 2.03. The van der Waals surface area contributed by atoms with Crippen LogP contribution in [-0.4, -0.2) is 26.9 Å². The van der Waals surface area contributed by atoms with Gasteiger partial charge in [0, 0.05) is 6.20 Å². The van der Waals surface area contributed by atoms with Crippen LogP contribution in [0.1, 0.15) is 24.7 Å². The number of nitrogens with zero attached hydrogens (tertiary/aromatic N) is 3. The minimum Gasteiger partial charge on any atom is -0.409 e. The summed E-state index contributed by atoms with van der Waals surface area (Å²) in [6.45, 7) is 3.89. The second kappa shape index (κ2) is 6.53. The van der Waals surface area contributed by atoms with E-state index < -0.39 is 5.92 Å². The molecule has 1 atom stereocenters. The Morgan fingerprint density at radius 2 is 2.28 bits per heavy atom. The van der Waals surface area contributed by atoms with Crippen molar-refractivity contribution in [1.82, 2.24) is 15.3 Å². The van der Waals surface area contributed by atoms with Crippen LogP contribution in [0.4, 0.5) is 0 Å². The second-order valence-electron chi connectivity index (χ2n) is 3.85. The molecule has 7 nitrogen and oxygen atoms in total. The molecule has 1 amide bonds. The summed E-state index contributed by atoms with van der Waals surface area (Å²) < 4.78 is 0. The number of carbonyl (C=O) groups is 1. The van der Waals surface area contributed by atoms with Gasteiger partial charge in [-0.3, -0.25) is 14.8 Å². The van der Waals surface area contributed by atoms with Gasteiger partial charge in [-0.25, -0.2) is 0 Å². The van der Waals surface area contributed by atoms with Crippen LogP contribution in [0.25, 0.3) is 0 Å². The summed E-state index contributed by atoms with van der Waals surface area (Å²) >= 11 is 0. The van der Waals surface area contributed by atoms with Crippen LogP contribution in [0, 0.1) is 12.8 Å². The third-order valence-electron chi connectivity index (χ3n) is 2.48. The second-order valence-corrected chi connectivity index (χ2v) is 3.85. The Balaban J connectivity index is 2.57. The summed E-state index contributed by atoms with van der Waals surface area (Å²) in [6.07, 6.45) is 3.68. The number of carbonyl (C=O) groups excluding carboxylic acids is 1. The van der Waals surface area contributed by atoms with E-state index in [0.717, 1.165) is 5.69 Å². The molecule has 4 N–H and O–H groups in total. The highest BCUT2D eigenvalue weighted by Gasteiger charge is 2.20. The first-order chi connectivity index (χ1) is 8.58. The number of rotatable bonds is 5. The Morgan fingerprint density at radius 3 is 2.78 bits per heavy atom. The van der Waals surface area contributed by atoms with E-state index in [1.54, 1.807) is 19.3 Å². The topological polar surface area (TPSA) is 113 Å². The highest BCUT2D eigenvalue weighted by atomic mass is 16.4. The van der Waals surface area contributed by atoms with Gasteiger partial charge >= 0.3 is 0 Å². The molecule has 1 unspecified atom stereocenters. The largest absolute Gasteiger partial charge is 0.409 e. The Morgan fingerprint density at radius 1 is 1.56 bits per heavy atom. The summed E-state index contributed by atoms with van der Waals surface area (Å²) in [6, 6.07) is 0. The molecule has 1 rings (SSSR count). The van der Waals surface area contributed by atoms with Gasteiger partial charge < -0.3 is 16.3 Å². The third-order valence-corrected chi connectivity index (χ3v) is 2.48. The Hall–Kier alpha value is -2.18. The van der Waals surface area contributed by atoms with Crippen LogP contribution in [-0.2, 0) is 11.3 Å². The van der Waals surface area contributed by atoms with Crippen molar-refractivity contribution in [3.05, 3.63) is 23.8 Å². The van der Waals surface area contributed by atoms with E-state index in [1.807, 2.05) is 6.92 Å². The molecule has 0 aromatic carbocycles. The number of oxime groups is 1. The molecule has 98 valence electrons. The SMILES string of the molecule is CCC(C(=O)NCc1cnc(C)cn1)C(N)=NO. The van der Waals surface area contributed by atoms with Crippen molar-refractivity contribution in [3.8, 4) is 0 Å². The maximum Gasteiger partial charge on any atom is 0.231 e. The number of hydrogen-bond acceptors (Lipinski definition) is 5. The van der Waals surface area contributed by atoms with Gasteiger partial charge in [0.25, 0.3) is 0 Å². The molecule has 1 aromatic heterocycles. The van der Waals surface area contributed by atoms with E-state index in [1.165, 1.54) is 0 Å². The minimum absolute atomic E-state index is 0.0926. The first-order valence-electron chi connectivity index (χ1n) is 5.61. The number of aromatic nitrogens is 2. The van der Waals surface area contributed by atoms with Crippen molar-refractivity contribution in [2.45, 2.75) is 26.8 Å². The zero-order valence-electron chi connectivity index (χ0n) is 10.4. The molecule has 0 aliphatic rings. The van der Waals surface area contributed by atoms with Crippen molar-refractivity contribution in [1.29, 1.82) is 0 Å². The van der Waals surface area contributed by atoms with E-state index in [-0.39, 0.29) is 18.3 Å². The predicted molar refractivity (Wildman–Crippen MR) is 65.8 cm³/mol. The molecular weight excluding hydrogens is 234 g/mol. The van der Waals surface area contributed by atoms with E-state index in [4.69, 9.17) is 10.9 Å². The average Bonchev–Trinajstić information content (AvgIpc) is 2.38. The molecule has 0 fully saturated rings. The summed E-state index contributed by atoms with van der Waals surface area (Å²) in [5.74, 6) is -1.02. The highest BCUT2D eigenvalue weighted by molar-refractivity contribution is 6.01. The van der Waals surface area contributed by atoms with Crippen molar-refractivity contribution < 1.29 is 10.0 Å². The van der Waals surface area contributed by atoms with Crippen LogP contribution in [0.15, 0.2) is 17.5 Å². The number of aryl methyl sites for hydroxylation is 1. The van der Waals surface area contributed by atoms with Crippen LogP contribution in [0.3, 0.4) is 0 Å². The zero-order valence-corrected chi connectivity index (χ0v) is 10.4. The van der Waals surface area contributed by atoms with Gasteiger partial charge in [0.2, 0.25) is 5.91 Å². The van der Waals surface area contributed by atoms with Crippen molar-refractivity contribution in [3.63, 3.8) is 0 Å². The lowest BCUT2D eigenvalue weighted by Crippen LogP contribution is -2.38. The molecule has 0 bridgehead atoms. The van der Waals surface area contributed by atoms with Gasteiger partial charge in [-0.05, 0) is 13.3 Å². The lowest BCUT2D eigenvalue weighted by Gasteiger charge is -2.12. The summed E-state index contributed by atoms with van der Waals surface area (Å²) in [5.41, 5.74) is 6.90. The number of hydrogen-bond donors (Lipinski definition) is 3. The van der Waals surface area contributed by atoms with Crippen LogP contribution in [0.2, 0.25) is 0 Å². The van der Waals surface area contributed by atoms with Crippen molar-refractivity contribution in [2.75, 3.05) is 0 Å². The van der Waals surface area contributed by atoms with Gasteiger partial charge in [-0.15, -0.1) is 0 Å². The number of amidine groups is 1. The third kappa shape index (κ3) is 3.69. The summed E-state index contributed by atoms with van der Waals surface area (Å²) in [5, 5.41) is 14.1. The van der Waals surface area contributed by atoms with Crippen molar-refractivity contribution >= 4 is 11.7 Å². The molecule has 0 aliphatic heterocycles. The molecule has 1 heterocycles.